The first kappa shape index (κ1) is 16.9. The van der Waals surface area contributed by atoms with Crippen LogP contribution in [-0.4, -0.2) is 9.97 Å². The van der Waals surface area contributed by atoms with Gasteiger partial charge in [-0.2, -0.15) is 10.2 Å². The molecule has 5 nitrogen and oxygen atoms in total. The van der Waals surface area contributed by atoms with Gasteiger partial charge in [-0.15, -0.1) is 0 Å². The Balaban J connectivity index is 1.88. The van der Waals surface area contributed by atoms with Crippen molar-refractivity contribution in [1.29, 1.82) is 5.26 Å². The maximum absolute atomic E-state index is 9.21. The van der Waals surface area contributed by atoms with Gasteiger partial charge in [-0.05, 0) is 49.7 Å². The number of halogens is 1. The van der Waals surface area contributed by atoms with Crippen LogP contribution in [0.1, 0.15) is 16.8 Å². The van der Waals surface area contributed by atoms with Crippen LogP contribution in [0, 0.1) is 25.2 Å². The second-order valence-electron chi connectivity index (χ2n) is 5.59. The number of aromatic nitrogens is 2. The average Bonchev–Trinajstić information content (AvgIpc) is 2.58. The lowest BCUT2D eigenvalue weighted by Gasteiger charge is -2.11. The number of hydrogen-bond acceptors (Lipinski definition) is 5. The number of nitrogens with one attached hydrogen (secondary N) is 2. The number of para-hydroxylation sites is 1. The molecule has 25 heavy (non-hydrogen) atoms. The number of benzene rings is 2. The summed E-state index contributed by atoms with van der Waals surface area (Å²) < 4.78 is 1.05. The van der Waals surface area contributed by atoms with Crippen LogP contribution in [0.4, 0.5) is 23.1 Å². The van der Waals surface area contributed by atoms with E-state index < -0.39 is 0 Å². The molecule has 0 spiro atoms. The Morgan fingerprint density at radius 3 is 2.56 bits per heavy atom. The molecule has 0 radical (unpaired) electrons. The van der Waals surface area contributed by atoms with Crippen molar-refractivity contribution < 1.29 is 0 Å². The van der Waals surface area contributed by atoms with E-state index in [2.05, 4.69) is 42.6 Å². The molecule has 124 valence electrons. The smallest absolute Gasteiger partial charge is 0.229 e. The van der Waals surface area contributed by atoms with Crippen molar-refractivity contribution in [3.63, 3.8) is 0 Å². The van der Waals surface area contributed by atoms with Gasteiger partial charge in [0.1, 0.15) is 11.9 Å². The number of rotatable bonds is 4. The summed E-state index contributed by atoms with van der Waals surface area (Å²) >= 11 is 3.49. The third-order valence-electron chi connectivity index (χ3n) is 3.58. The van der Waals surface area contributed by atoms with Crippen LogP contribution < -0.4 is 10.6 Å². The van der Waals surface area contributed by atoms with Crippen molar-refractivity contribution in [2.45, 2.75) is 13.8 Å². The SMILES string of the molecule is Cc1cc(Nc2ccccc2C#N)nc(Nc2ccc(Br)c(C)c2)n1. The van der Waals surface area contributed by atoms with Crippen LogP contribution in [0.5, 0.6) is 0 Å². The maximum atomic E-state index is 9.21. The molecule has 0 aliphatic rings. The lowest BCUT2D eigenvalue weighted by Crippen LogP contribution is -2.03. The Labute approximate surface area is 154 Å². The number of aryl methyl sites for hydroxylation is 2. The number of nitriles is 1. The summed E-state index contributed by atoms with van der Waals surface area (Å²) in [4.78, 5) is 8.92. The third kappa shape index (κ3) is 4.14. The molecule has 3 aromatic rings. The van der Waals surface area contributed by atoms with Crippen LogP contribution in [0.25, 0.3) is 0 Å². The highest BCUT2D eigenvalue weighted by molar-refractivity contribution is 9.10. The van der Waals surface area contributed by atoms with Crippen molar-refractivity contribution >= 4 is 39.1 Å². The maximum Gasteiger partial charge on any atom is 0.229 e. The summed E-state index contributed by atoms with van der Waals surface area (Å²) in [6.45, 7) is 3.93. The van der Waals surface area contributed by atoms with E-state index >= 15 is 0 Å². The fourth-order valence-corrected chi connectivity index (χ4v) is 2.61. The van der Waals surface area contributed by atoms with Crippen molar-refractivity contribution in [2.75, 3.05) is 10.6 Å². The molecule has 0 bridgehead atoms. The molecule has 2 N–H and O–H groups in total. The Hall–Kier alpha value is -2.91. The zero-order valence-corrected chi connectivity index (χ0v) is 15.4. The first-order valence-corrected chi connectivity index (χ1v) is 8.49. The number of anilines is 4. The quantitative estimate of drug-likeness (QED) is 0.635. The Bertz CT molecular complexity index is 962. The van der Waals surface area contributed by atoms with Crippen molar-refractivity contribution in [3.8, 4) is 6.07 Å². The topological polar surface area (TPSA) is 73.6 Å². The highest BCUT2D eigenvalue weighted by Crippen LogP contribution is 2.24. The van der Waals surface area contributed by atoms with Crippen LogP contribution >= 0.6 is 15.9 Å². The van der Waals surface area contributed by atoms with Crippen LogP contribution in [-0.2, 0) is 0 Å². The number of nitrogens with zero attached hydrogens (tertiary/aromatic N) is 3. The largest absolute Gasteiger partial charge is 0.339 e. The summed E-state index contributed by atoms with van der Waals surface area (Å²) in [6, 6.07) is 17.3. The van der Waals surface area contributed by atoms with Gasteiger partial charge in [-0.3, -0.25) is 0 Å². The van der Waals surface area contributed by atoms with Crippen molar-refractivity contribution in [3.05, 3.63) is 69.8 Å². The number of hydrogen-bond donors (Lipinski definition) is 2. The predicted octanol–water partition coefficient (Wildman–Crippen LogP) is 5.21. The molecule has 0 unspecified atom stereocenters. The van der Waals surface area contributed by atoms with E-state index in [1.165, 1.54) is 0 Å². The van der Waals surface area contributed by atoms with Gasteiger partial charge in [0, 0.05) is 21.9 Å². The highest BCUT2D eigenvalue weighted by Gasteiger charge is 2.07. The Kier molecular flexibility index (Phi) is 4.96. The summed E-state index contributed by atoms with van der Waals surface area (Å²) in [7, 11) is 0. The van der Waals surface area contributed by atoms with Crippen molar-refractivity contribution in [1.82, 2.24) is 9.97 Å². The van der Waals surface area contributed by atoms with Gasteiger partial charge in [0.2, 0.25) is 5.95 Å². The van der Waals surface area contributed by atoms with Gasteiger partial charge in [0.15, 0.2) is 0 Å². The second kappa shape index (κ2) is 7.32. The normalized spacial score (nSPS) is 10.2. The molecule has 1 aromatic heterocycles. The third-order valence-corrected chi connectivity index (χ3v) is 4.47. The van der Waals surface area contributed by atoms with E-state index in [0.717, 1.165) is 21.4 Å². The minimum Gasteiger partial charge on any atom is -0.339 e. The summed E-state index contributed by atoms with van der Waals surface area (Å²) in [6.07, 6.45) is 0. The molecule has 3 rings (SSSR count). The lowest BCUT2D eigenvalue weighted by molar-refractivity contribution is 1.11. The van der Waals surface area contributed by atoms with Crippen LogP contribution in [0.3, 0.4) is 0 Å². The zero-order chi connectivity index (χ0) is 17.8. The van der Waals surface area contributed by atoms with Gasteiger partial charge in [-0.1, -0.05) is 28.1 Å². The molecule has 1 heterocycles. The summed E-state index contributed by atoms with van der Waals surface area (Å²) in [5, 5.41) is 15.6. The first-order chi connectivity index (χ1) is 12.0. The molecule has 0 amide bonds. The summed E-state index contributed by atoms with van der Waals surface area (Å²) in [5.74, 6) is 1.13. The highest BCUT2D eigenvalue weighted by atomic mass is 79.9. The van der Waals surface area contributed by atoms with Gasteiger partial charge >= 0.3 is 0 Å². The standard InChI is InChI=1S/C19H16BrN5/c1-12-9-15(7-8-16(12)20)23-19-22-13(2)10-18(25-19)24-17-6-4-3-5-14(17)11-21/h3-10H,1-2H3,(H2,22,23,24,25). The van der Waals surface area contributed by atoms with Gasteiger partial charge in [-0.25, -0.2) is 4.98 Å². The first-order valence-electron chi connectivity index (χ1n) is 7.70. The molecule has 0 fully saturated rings. The Morgan fingerprint density at radius 1 is 1.00 bits per heavy atom. The van der Waals surface area contributed by atoms with Gasteiger partial charge in [0.05, 0.1) is 11.3 Å². The van der Waals surface area contributed by atoms with E-state index in [1.807, 2.05) is 56.3 Å². The van der Waals surface area contributed by atoms with E-state index in [-0.39, 0.29) is 0 Å². The molecular weight excluding hydrogens is 378 g/mol. The molecule has 0 saturated carbocycles. The van der Waals surface area contributed by atoms with E-state index in [9.17, 15) is 5.26 Å². The molecular formula is C19H16BrN5. The minimum absolute atomic E-state index is 0.499. The molecule has 0 aliphatic heterocycles. The fourth-order valence-electron chi connectivity index (χ4n) is 2.37. The molecule has 0 atom stereocenters. The minimum atomic E-state index is 0.499. The second-order valence-corrected chi connectivity index (χ2v) is 6.44. The fraction of sp³-hybridized carbons (Fsp3) is 0.105. The predicted molar refractivity (Wildman–Crippen MR) is 103 cm³/mol. The molecule has 6 heteroatoms. The molecule has 2 aromatic carbocycles. The van der Waals surface area contributed by atoms with Gasteiger partial charge in [0.25, 0.3) is 0 Å². The van der Waals surface area contributed by atoms with E-state index in [4.69, 9.17) is 0 Å². The van der Waals surface area contributed by atoms with E-state index in [0.29, 0.717) is 23.0 Å². The molecule has 0 saturated heterocycles. The van der Waals surface area contributed by atoms with Crippen LogP contribution in [0.15, 0.2) is 53.0 Å². The van der Waals surface area contributed by atoms with E-state index in [1.54, 1.807) is 6.07 Å². The zero-order valence-electron chi connectivity index (χ0n) is 13.8. The average molecular weight is 394 g/mol. The molecule has 0 aliphatic carbocycles. The summed E-state index contributed by atoms with van der Waals surface area (Å²) in [5.41, 5.74) is 4.14. The van der Waals surface area contributed by atoms with Crippen molar-refractivity contribution in [2.24, 2.45) is 0 Å². The van der Waals surface area contributed by atoms with Gasteiger partial charge < -0.3 is 10.6 Å². The van der Waals surface area contributed by atoms with Crippen LogP contribution in [0.2, 0.25) is 0 Å². The monoisotopic (exact) mass is 393 g/mol. The lowest BCUT2D eigenvalue weighted by atomic mass is 10.2. The Morgan fingerprint density at radius 2 is 1.80 bits per heavy atom.